The van der Waals surface area contributed by atoms with E-state index in [1.54, 1.807) is 0 Å². The third-order valence-electron chi connectivity index (χ3n) is 6.87. The van der Waals surface area contributed by atoms with Crippen LogP contribution in [0.5, 0.6) is 0 Å². The molecule has 0 unspecified atom stereocenters. The van der Waals surface area contributed by atoms with Gasteiger partial charge in [-0.15, -0.1) is 0 Å². The SMILES string of the molecule is COC(=O)[C@@H]1CCCN1C/C(C)=C/CCCO[Si](c1ccccc1)(c1ccccc1)C(C)(C)C. The van der Waals surface area contributed by atoms with Crippen molar-refractivity contribution in [3.8, 4) is 0 Å². The van der Waals surface area contributed by atoms with Gasteiger partial charge in [0.2, 0.25) is 0 Å². The highest BCUT2D eigenvalue weighted by Crippen LogP contribution is 2.36. The van der Waals surface area contributed by atoms with Gasteiger partial charge >= 0.3 is 5.97 Å². The van der Waals surface area contributed by atoms with Crippen LogP contribution in [-0.2, 0) is 14.0 Å². The Morgan fingerprint density at radius 2 is 1.65 bits per heavy atom. The number of unbranched alkanes of at least 4 members (excludes halogenated alkanes) is 1. The third-order valence-corrected chi connectivity index (χ3v) is 11.9. The zero-order chi connectivity index (χ0) is 24.6. The summed E-state index contributed by atoms with van der Waals surface area (Å²) < 4.78 is 12.0. The standard InChI is InChI=1S/C29H41NO3Si/c1-24(23-30-21-14-20-27(30)28(31)32-5)15-12-13-22-33-34(29(2,3)4,25-16-8-6-9-17-25)26-18-10-7-11-19-26/h6-11,15-19,27H,12-14,20-23H2,1-5H3/b24-15+/t27-/m0/s1. The zero-order valence-electron chi connectivity index (χ0n) is 21.5. The second-order valence-electron chi connectivity index (χ2n) is 10.4. The van der Waals surface area contributed by atoms with Crippen LogP contribution in [0.25, 0.3) is 0 Å². The van der Waals surface area contributed by atoms with Crippen molar-refractivity contribution < 1.29 is 14.0 Å². The molecule has 1 aliphatic heterocycles. The number of methoxy groups -OCH3 is 1. The zero-order valence-corrected chi connectivity index (χ0v) is 22.5. The van der Waals surface area contributed by atoms with E-state index in [9.17, 15) is 4.79 Å². The van der Waals surface area contributed by atoms with Crippen LogP contribution < -0.4 is 10.4 Å². The summed E-state index contributed by atoms with van der Waals surface area (Å²) in [6.07, 6.45) is 6.20. The van der Waals surface area contributed by atoms with Gasteiger partial charge in [-0.1, -0.05) is 93.1 Å². The first kappa shape index (κ1) is 26.4. The molecule has 1 atom stereocenters. The van der Waals surface area contributed by atoms with Gasteiger partial charge in [-0.25, -0.2) is 0 Å². The third kappa shape index (κ3) is 6.07. The fourth-order valence-electron chi connectivity index (χ4n) is 5.22. The van der Waals surface area contributed by atoms with Crippen LogP contribution in [0.3, 0.4) is 0 Å². The topological polar surface area (TPSA) is 38.8 Å². The molecule has 4 nitrogen and oxygen atoms in total. The van der Waals surface area contributed by atoms with Crippen LogP contribution in [0.2, 0.25) is 5.04 Å². The molecule has 1 saturated heterocycles. The summed E-state index contributed by atoms with van der Waals surface area (Å²) in [5.41, 5.74) is 1.31. The van der Waals surface area contributed by atoms with Gasteiger partial charge < -0.3 is 9.16 Å². The van der Waals surface area contributed by atoms with Crippen molar-refractivity contribution in [3.63, 3.8) is 0 Å². The van der Waals surface area contributed by atoms with Crippen LogP contribution in [0.15, 0.2) is 72.3 Å². The summed E-state index contributed by atoms with van der Waals surface area (Å²) in [5.74, 6) is -0.107. The molecule has 2 aromatic carbocycles. The molecule has 1 fully saturated rings. The Kier molecular flexibility index (Phi) is 9.29. The summed E-state index contributed by atoms with van der Waals surface area (Å²) in [6, 6.07) is 21.5. The molecule has 2 aromatic rings. The molecule has 184 valence electrons. The molecular weight excluding hydrogens is 438 g/mol. The molecule has 1 aliphatic rings. The van der Waals surface area contributed by atoms with Crippen LogP contribution in [0.1, 0.15) is 53.4 Å². The van der Waals surface area contributed by atoms with Crippen LogP contribution in [-0.4, -0.2) is 52.0 Å². The average Bonchev–Trinajstić information content (AvgIpc) is 3.29. The van der Waals surface area contributed by atoms with Crippen LogP contribution >= 0.6 is 0 Å². The second-order valence-corrected chi connectivity index (χ2v) is 14.7. The maximum Gasteiger partial charge on any atom is 0.323 e. The van der Waals surface area contributed by atoms with Gasteiger partial charge in [0.1, 0.15) is 6.04 Å². The monoisotopic (exact) mass is 479 g/mol. The molecular formula is C29H41NO3Si. The van der Waals surface area contributed by atoms with Gasteiger partial charge in [0, 0.05) is 13.2 Å². The lowest BCUT2D eigenvalue weighted by molar-refractivity contribution is -0.145. The number of carbonyl (C=O) groups excluding carboxylic acids is 1. The minimum absolute atomic E-state index is 0.000114. The fraction of sp³-hybridized carbons (Fsp3) is 0.483. The number of hydrogen-bond acceptors (Lipinski definition) is 4. The first-order valence-electron chi connectivity index (χ1n) is 12.5. The largest absolute Gasteiger partial charge is 0.468 e. The molecule has 0 spiro atoms. The van der Waals surface area contributed by atoms with Gasteiger partial charge in [-0.05, 0) is 54.6 Å². The van der Waals surface area contributed by atoms with Gasteiger partial charge in [-0.2, -0.15) is 0 Å². The number of allylic oxidation sites excluding steroid dienone is 1. The predicted octanol–water partition coefficient (Wildman–Crippen LogP) is 4.93. The molecule has 0 N–H and O–H groups in total. The summed E-state index contributed by atoms with van der Waals surface area (Å²) in [5, 5.41) is 2.65. The van der Waals surface area contributed by atoms with E-state index in [1.807, 2.05) is 0 Å². The Hall–Kier alpha value is -2.21. The molecule has 3 rings (SSSR count). The van der Waals surface area contributed by atoms with E-state index in [2.05, 4.69) is 99.3 Å². The number of nitrogens with zero attached hydrogens (tertiary/aromatic N) is 1. The minimum atomic E-state index is -2.46. The Bertz CT molecular complexity index is 897. The molecule has 5 heteroatoms. The quantitative estimate of drug-likeness (QED) is 0.210. The molecule has 0 aromatic heterocycles. The first-order valence-corrected chi connectivity index (χ1v) is 14.4. The maximum atomic E-state index is 12.0. The number of carbonyl (C=O) groups is 1. The molecule has 0 radical (unpaired) electrons. The predicted molar refractivity (Wildman–Crippen MR) is 143 cm³/mol. The highest BCUT2D eigenvalue weighted by atomic mass is 28.4. The van der Waals surface area contributed by atoms with Gasteiger partial charge in [0.05, 0.1) is 7.11 Å². The molecule has 0 bridgehead atoms. The molecule has 0 aliphatic carbocycles. The second kappa shape index (κ2) is 12.0. The normalized spacial score (nSPS) is 17.7. The van der Waals surface area contributed by atoms with Crippen molar-refractivity contribution in [1.82, 2.24) is 4.90 Å². The number of likely N-dealkylation sites (tertiary alicyclic amines) is 1. The fourth-order valence-corrected chi connectivity index (χ4v) is 9.83. The Morgan fingerprint density at radius 1 is 1.06 bits per heavy atom. The Balaban J connectivity index is 1.67. The van der Waals surface area contributed by atoms with Gasteiger partial charge in [0.15, 0.2) is 0 Å². The van der Waals surface area contributed by atoms with Gasteiger partial charge in [-0.3, -0.25) is 9.69 Å². The minimum Gasteiger partial charge on any atom is -0.468 e. The van der Waals surface area contributed by atoms with Crippen molar-refractivity contribution in [2.45, 2.75) is 64.5 Å². The van der Waals surface area contributed by atoms with Crippen LogP contribution in [0, 0.1) is 0 Å². The lowest BCUT2D eigenvalue weighted by atomic mass is 10.2. The highest BCUT2D eigenvalue weighted by molar-refractivity contribution is 6.99. The summed E-state index contributed by atoms with van der Waals surface area (Å²) in [4.78, 5) is 14.3. The number of ether oxygens (including phenoxy) is 1. The maximum absolute atomic E-state index is 12.0. The van der Waals surface area contributed by atoms with Gasteiger partial charge in [0.25, 0.3) is 8.32 Å². The van der Waals surface area contributed by atoms with E-state index in [-0.39, 0.29) is 17.0 Å². The molecule has 34 heavy (non-hydrogen) atoms. The smallest absolute Gasteiger partial charge is 0.323 e. The van der Waals surface area contributed by atoms with Crippen molar-refractivity contribution in [1.29, 1.82) is 0 Å². The average molecular weight is 480 g/mol. The number of esters is 1. The van der Waals surface area contributed by atoms with Crippen molar-refractivity contribution in [3.05, 3.63) is 72.3 Å². The Morgan fingerprint density at radius 3 is 2.18 bits per heavy atom. The molecule has 0 saturated carbocycles. The lowest BCUT2D eigenvalue weighted by Crippen LogP contribution is -2.66. The highest BCUT2D eigenvalue weighted by Gasteiger charge is 2.49. The van der Waals surface area contributed by atoms with Crippen molar-refractivity contribution >= 4 is 24.7 Å². The van der Waals surface area contributed by atoms with Crippen molar-refractivity contribution in [2.75, 3.05) is 26.8 Å². The first-order chi connectivity index (χ1) is 16.3. The van der Waals surface area contributed by atoms with E-state index >= 15 is 0 Å². The lowest BCUT2D eigenvalue weighted by Gasteiger charge is -2.43. The Labute approximate surface area is 207 Å². The van der Waals surface area contributed by atoms with E-state index < -0.39 is 8.32 Å². The summed E-state index contributed by atoms with van der Waals surface area (Å²) >= 11 is 0. The summed E-state index contributed by atoms with van der Waals surface area (Å²) in [7, 11) is -0.983. The van der Waals surface area contributed by atoms with Crippen molar-refractivity contribution in [2.24, 2.45) is 0 Å². The number of hydrogen-bond donors (Lipinski definition) is 0. The van der Waals surface area contributed by atoms with E-state index in [1.165, 1.54) is 23.1 Å². The van der Waals surface area contributed by atoms with E-state index in [0.29, 0.717) is 0 Å². The number of rotatable bonds is 10. The molecule has 0 amide bonds. The van der Waals surface area contributed by atoms with Crippen LogP contribution in [0.4, 0.5) is 0 Å². The van der Waals surface area contributed by atoms with E-state index in [4.69, 9.17) is 9.16 Å². The number of benzene rings is 2. The van der Waals surface area contributed by atoms with E-state index in [0.717, 1.165) is 45.4 Å². The summed E-state index contributed by atoms with van der Waals surface area (Å²) in [6.45, 7) is 11.6. The molecule has 1 heterocycles.